The SMILES string of the molecule is COc1ccc(S(=O)(=O)N(CC(=O)N(Cc2ccc(C)cc2)[C@H](Cc2ccccc2)C(=O)NC(C)C)c2ccc(F)cc2)cc1. The number of nitrogens with one attached hydrogen (secondary N) is 1. The van der Waals surface area contributed by atoms with Crippen molar-refractivity contribution >= 4 is 27.5 Å². The molecule has 1 atom stereocenters. The van der Waals surface area contributed by atoms with Crippen molar-refractivity contribution in [3.05, 3.63) is 126 Å². The lowest BCUT2D eigenvalue weighted by molar-refractivity contribution is -0.140. The molecule has 0 unspecified atom stereocenters. The molecule has 0 saturated carbocycles. The third-order valence-electron chi connectivity index (χ3n) is 7.22. The summed E-state index contributed by atoms with van der Waals surface area (Å²) in [6.07, 6.45) is 0.207. The average Bonchev–Trinajstić information content (AvgIpc) is 3.03. The van der Waals surface area contributed by atoms with E-state index in [0.717, 1.165) is 33.1 Å². The highest BCUT2D eigenvalue weighted by atomic mass is 32.2. The Morgan fingerprint density at radius 1 is 0.844 bits per heavy atom. The van der Waals surface area contributed by atoms with E-state index in [9.17, 15) is 22.4 Å². The second-order valence-electron chi connectivity index (χ2n) is 11.0. The second-order valence-corrected chi connectivity index (χ2v) is 12.9. The molecule has 10 heteroatoms. The highest BCUT2D eigenvalue weighted by Gasteiger charge is 2.35. The third-order valence-corrected chi connectivity index (χ3v) is 9.00. The van der Waals surface area contributed by atoms with E-state index in [0.29, 0.717) is 5.75 Å². The van der Waals surface area contributed by atoms with Gasteiger partial charge in [0.1, 0.15) is 24.2 Å². The quantitative estimate of drug-likeness (QED) is 0.210. The van der Waals surface area contributed by atoms with Gasteiger partial charge in [-0.3, -0.25) is 13.9 Å². The first-order valence-electron chi connectivity index (χ1n) is 14.6. The molecule has 0 bridgehead atoms. The topological polar surface area (TPSA) is 96.0 Å². The zero-order valence-corrected chi connectivity index (χ0v) is 26.6. The largest absolute Gasteiger partial charge is 0.497 e. The summed E-state index contributed by atoms with van der Waals surface area (Å²) in [4.78, 5) is 29.5. The Morgan fingerprint density at radius 2 is 1.47 bits per heavy atom. The van der Waals surface area contributed by atoms with Crippen LogP contribution in [-0.4, -0.2) is 50.9 Å². The van der Waals surface area contributed by atoms with Gasteiger partial charge in [0.15, 0.2) is 0 Å². The number of amides is 2. The molecule has 236 valence electrons. The number of hydrogen-bond acceptors (Lipinski definition) is 5. The maximum Gasteiger partial charge on any atom is 0.264 e. The van der Waals surface area contributed by atoms with Gasteiger partial charge in [-0.25, -0.2) is 12.8 Å². The van der Waals surface area contributed by atoms with Gasteiger partial charge in [-0.1, -0.05) is 60.2 Å². The minimum absolute atomic E-state index is 0.0575. The van der Waals surface area contributed by atoms with Crippen LogP contribution in [0.15, 0.2) is 108 Å². The highest BCUT2D eigenvalue weighted by Crippen LogP contribution is 2.26. The molecule has 1 N–H and O–H groups in total. The normalized spacial score (nSPS) is 12.0. The van der Waals surface area contributed by atoms with Gasteiger partial charge >= 0.3 is 0 Å². The molecule has 0 aromatic heterocycles. The summed E-state index contributed by atoms with van der Waals surface area (Å²) in [6.45, 7) is 5.04. The fourth-order valence-corrected chi connectivity index (χ4v) is 6.25. The molecule has 4 rings (SSSR count). The third kappa shape index (κ3) is 8.69. The fraction of sp³-hybridized carbons (Fsp3) is 0.257. The first-order valence-corrected chi connectivity index (χ1v) is 16.0. The summed E-state index contributed by atoms with van der Waals surface area (Å²) in [5.41, 5.74) is 2.74. The number of hydrogen-bond donors (Lipinski definition) is 1. The lowest BCUT2D eigenvalue weighted by Crippen LogP contribution is -2.54. The van der Waals surface area contributed by atoms with Crippen LogP contribution in [0, 0.1) is 12.7 Å². The molecule has 0 heterocycles. The zero-order valence-electron chi connectivity index (χ0n) is 25.8. The predicted octanol–water partition coefficient (Wildman–Crippen LogP) is 5.50. The van der Waals surface area contributed by atoms with Gasteiger partial charge in [0.05, 0.1) is 17.7 Å². The fourth-order valence-electron chi connectivity index (χ4n) is 4.84. The Bertz CT molecular complexity index is 1680. The van der Waals surface area contributed by atoms with Crippen LogP contribution in [0.1, 0.15) is 30.5 Å². The van der Waals surface area contributed by atoms with Crippen molar-refractivity contribution in [1.29, 1.82) is 0 Å². The van der Waals surface area contributed by atoms with Crippen LogP contribution >= 0.6 is 0 Å². The Kier molecular flexibility index (Phi) is 11.0. The molecule has 0 saturated heterocycles. The molecule has 45 heavy (non-hydrogen) atoms. The second kappa shape index (κ2) is 14.9. The van der Waals surface area contributed by atoms with E-state index < -0.39 is 34.3 Å². The number of sulfonamides is 1. The Labute approximate surface area is 264 Å². The van der Waals surface area contributed by atoms with Crippen molar-refractivity contribution in [2.75, 3.05) is 18.0 Å². The number of carbonyl (C=O) groups excluding carboxylic acids is 2. The molecule has 0 radical (unpaired) electrons. The van der Waals surface area contributed by atoms with Crippen molar-refractivity contribution < 1.29 is 27.1 Å². The van der Waals surface area contributed by atoms with E-state index in [2.05, 4.69) is 5.32 Å². The zero-order chi connectivity index (χ0) is 32.6. The molecule has 0 aliphatic rings. The molecule has 0 fully saturated rings. The van der Waals surface area contributed by atoms with Crippen molar-refractivity contribution in [2.24, 2.45) is 0 Å². The summed E-state index contributed by atoms with van der Waals surface area (Å²) in [5, 5.41) is 2.93. The number of rotatable bonds is 13. The molecular weight excluding hydrogens is 593 g/mol. The molecule has 4 aromatic rings. The van der Waals surface area contributed by atoms with E-state index in [-0.39, 0.29) is 35.5 Å². The van der Waals surface area contributed by atoms with Crippen LogP contribution in [0.5, 0.6) is 5.75 Å². The van der Waals surface area contributed by atoms with Crippen LogP contribution < -0.4 is 14.4 Å². The summed E-state index contributed by atoms with van der Waals surface area (Å²) < 4.78 is 48.1. The molecule has 8 nitrogen and oxygen atoms in total. The van der Waals surface area contributed by atoms with E-state index in [1.807, 2.05) is 75.4 Å². The molecule has 0 aliphatic heterocycles. The van der Waals surface area contributed by atoms with Gasteiger partial charge in [-0.05, 0) is 80.4 Å². The number of ether oxygens (including phenoxy) is 1. The minimum Gasteiger partial charge on any atom is -0.497 e. The Balaban J connectivity index is 1.79. The number of aryl methyl sites for hydroxylation is 1. The smallest absolute Gasteiger partial charge is 0.264 e. The summed E-state index contributed by atoms with van der Waals surface area (Å²) >= 11 is 0. The van der Waals surface area contributed by atoms with Gasteiger partial charge in [0.2, 0.25) is 11.8 Å². The van der Waals surface area contributed by atoms with Crippen LogP contribution in [0.25, 0.3) is 0 Å². The Morgan fingerprint density at radius 3 is 2.04 bits per heavy atom. The molecule has 2 amide bonds. The maximum absolute atomic E-state index is 14.4. The lowest BCUT2D eigenvalue weighted by Gasteiger charge is -2.34. The number of benzene rings is 4. The van der Waals surface area contributed by atoms with Crippen molar-refractivity contribution in [3.63, 3.8) is 0 Å². The van der Waals surface area contributed by atoms with Crippen LogP contribution in [-0.2, 0) is 32.6 Å². The minimum atomic E-state index is -4.32. The molecular formula is C35H38FN3O5S. The molecule has 4 aromatic carbocycles. The van der Waals surface area contributed by atoms with Gasteiger partial charge in [-0.2, -0.15) is 0 Å². The van der Waals surface area contributed by atoms with Gasteiger partial charge in [-0.15, -0.1) is 0 Å². The van der Waals surface area contributed by atoms with Crippen molar-refractivity contribution in [3.8, 4) is 5.75 Å². The summed E-state index contributed by atoms with van der Waals surface area (Å²) in [6, 6.07) is 26.4. The number of methoxy groups -OCH3 is 1. The maximum atomic E-state index is 14.4. The number of anilines is 1. The lowest BCUT2D eigenvalue weighted by atomic mass is 10.0. The summed E-state index contributed by atoms with van der Waals surface area (Å²) in [7, 11) is -2.85. The number of carbonyl (C=O) groups is 2. The Hall–Kier alpha value is -4.70. The predicted molar refractivity (Wildman–Crippen MR) is 173 cm³/mol. The van der Waals surface area contributed by atoms with Gasteiger partial charge < -0.3 is 15.0 Å². The summed E-state index contributed by atoms with van der Waals surface area (Å²) in [5.74, 6) is -1.05. The number of halogens is 1. The monoisotopic (exact) mass is 631 g/mol. The van der Waals surface area contributed by atoms with Crippen LogP contribution in [0.2, 0.25) is 0 Å². The van der Waals surface area contributed by atoms with Crippen molar-refractivity contribution in [1.82, 2.24) is 10.2 Å². The van der Waals surface area contributed by atoms with Crippen LogP contribution in [0.3, 0.4) is 0 Å². The van der Waals surface area contributed by atoms with Gasteiger partial charge in [0, 0.05) is 19.0 Å². The standard InChI is InChI=1S/C35H38FN3O5S/c1-25(2)37-35(41)33(22-27-8-6-5-7-9-27)38(23-28-12-10-26(3)11-13-28)34(40)24-39(30-16-14-29(36)15-17-30)45(42,43)32-20-18-31(44-4)19-21-32/h5-21,25,33H,22-24H2,1-4H3,(H,37,41)/t33-/m1/s1. The average molecular weight is 632 g/mol. The first-order chi connectivity index (χ1) is 21.5. The van der Waals surface area contributed by atoms with E-state index in [4.69, 9.17) is 4.74 Å². The first kappa shape index (κ1) is 33.2. The van der Waals surface area contributed by atoms with Gasteiger partial charge in [0.25, 0.3) is 10.0 Å². The van der Waals surface area contributed by atoms with E-state index in [1.54, 1.807) is 0 Å². The highest BCUT2D eigenvalue weighted by molar-refractivity contribution is 7.92. The molecule has 0 aliphatic carbocycles. The van der Waals surface area contributed by atoms with E-state index in [1.165, 1.54) is 48.4 Å². The molecule has 0 spiro atoms. The van der Waals surface area contributed by atoms with Crippen LogP contribution in [0.4, 0.5) is 10.1 Å². The van der Waals surface area contributed by atoms with Crippen molar-refractivity contribution in [2.45, 2.75) is 50.7 Å². The number of nitrogens with zero attached hydrogens (tertiary/aromatic N) is 2. The van der Waals surface area contributed by atoms with E-state index >= 15 is 0 Å².